The lowest BCUT2D eigenvalue weighted by Crippen LogP contribution is -2.21. The third kappa shape index (κ3) is 5.03. The summed E-state index contributed by atoms with van der Waals surface area (Å²) in [6, 6.07) is 10.5. The van der Waals surface area contributed by atoms with Gasteiger partial charge in [-0.3, -0.25) is 9.59 Å². The van der Waals surface area contributed by atoms with Crippen molar-refractivity contribution in [1.82, 2.24) is 4.98 Å². The van der Waals surface area contributed by atoms with Gasteiger partial charge in [0.15, 0.2) is 0 Å². The summed E-state index contributed by atoms with van der Waals surface area (Å²) in [5.41, 5.74) is 1.94. The zero-order chi connectivity index (χ0) is 17.6. The summed E-state index contributed by atoms with van der Waals surface area (Å²) in [6.07, 6.45) is 6.54. The van der Waals surface area contributed by atoms with Crippen molar-refractivity contribution in [3.8, 4) is 0 Å². The van der Waals surface area contributed by atoms with Crippen LogP contribution >= 0.6 is 0 Å². The number of aromatic nitrogens is 1. The summed E-state index contributed by atoms with van der Waals surface area (Å²) < 4.78 is 6.04. The van der Waals surface area contributed by atoms with Gasteiger partial charge in [-0.2, -0.15) is 0 Å². The Bertz CT molecular complexity index is 764. The molecule has 1 aliphatic carbocycles. The molecule has 132 valence electrons. The van der Waals surface area contributed by atoms with E-state index < -0.39 is 0 Å². The van der Waals surface area contributed by atoms with Crippen molar-refractivity contribution in [3.05, 3.63) is 64.1 Å². The number of anilines is 1. The molecule has 1 saturated carbocycles. The Morgan fingerprint density at radius 2 is 2.16 bits per heavy atom. The van der Waals surface area contributed by atoms with Gasteiger partial charge in [0, 0.05) is 18.0 Å². The molecule has 1 aliphatic rings. The molecule has 3 rings (SSSR count). The zero-order valence-corrected chi connectivity index (χ0v) is 14.5. The highest BCUT2D eigenvalue weighted by molar-refractivity contribution is 6.04. The molecular weight excluding hydrogens is 316 g/mol. The van der Waals surface area contributed by atoms with E-state index in [2.05, 4.69) is 17.2 Å². The first kappa shape index (κ1) is 17.4. The number of ether oxygens (including phenoxy) is 1. The molecule has 1 aromatic heterocycles. The van der Waals surface area contributed by atoms with E-state index in [-0.39, 0.29) is 11.5 Å². The number of carbonyl (C=O) groups is 1. The average Bonchev–Trinajstić information content (AvgIpc) is 2.61. The summed E-state index contributed by atoms with van der Waals surface area (Å²) in [7, 11) is 0. The zero-order valence-electron chi connectivity index (χ0n) is 14.5. The van der Waals surface area contributed by atoms with E-state index in [0.29, 0.717) is 24.0 Å². The number of hydrogen-bond acceptors (Lipinski definition) is 3. The van der Waals surface area contributed by atoms with E-state index in [4.69, 9.17) is 4.74 Å². The normalized spacial score (nSPS) is 20.2. The maximum absolute atomic E-state index is 12.2. The minimum Gasteiger partial charge on any atom is -0.374 e. The largest absolute Gasteiger partial charge is 0.374 e. The van der Waals surface area contributed by atoms with Crippen molar-refractivity contribution >= 4 is 11.6 Å². The van der Waals surface area contributed by atoms with E-state index in [0.717, 1.165) is 24.3 Å². The first-order valence-electron chi connectivity index (χ1n) is 8.81. The van der Waals surface area contributed by atoms with Crippen LogP contribution in [0.15, 0.2) is 47.4 Å². The second kappa shape index (κ2) is 8.12. The standard InChI is InChI=1S/C20H24N2O3/c1-14-4-2-7-18(10-14)25-13-15-5-3-6-17(11-15)22-20(24)16-8-9-19(23)21-12-16/h3,5-6,8-9,11-12,14,18H,2,4,7,10,13H2,1H3,(H,21,23)(H,22,24). The van der Waals surface area contributed by atoms with Gasteiger partial charge in [0.1, 0.15) is 0 Å². The van der Waals surface area contributed by atoms with Gasteiger partial charge >= 0.3 is 0 Å². The van der Waals surface area contributed by atoms with Gasteiger partial charge in [0.25, 0.3) is 5.91 Å². The number of aromatic amines is 1. The Morgan fingerprint density at radius 3 is 2.92 bits per heavy atom. The number of amides is 1. The van der Waals surface area contributed by atoms with Crippen molar-refractivity contribution < 1.29 is 9.53 Å². The molecule has 5 nitrogen and oxygen atoms in total. The number of carbonyl (C=O) groups excluding carboxylic acids is 1. The van der Waals surface area contributed by atoms with Gasteiger partial charge in [-0.15, -0.1) is 0 Å². The molecule has 0 bridgehead atoms. The second-order valence-electron chi connectivity index (χ2n) is 6.80. The number of benzene rings is 1. The molecule has 0 saturated heterocycles. The van der Waals surface area contributed by atoms with Crippen molar-refractivity contribution in [2.45, 2.75) is 45.3 Å². The molecule has 2 N–H and O–H groups in total. The summed E-state index contributed by atoms with van der Waals surface area (Å²) >= 11 is 0. The number of hydrogen-bond donors (Lipinski definition) is 2. The maximum atomic E-state index is 12.2. The van der Waals surface area contributed by atoms with Crippen LogP contribution in [-0.4, -0.2) is 17.0 Å². The topological polar surface area (TPSA) is 71.2 Å². The lowest BCUT2D eigenvalue weighted by atomic mass is 9.89. The predicted molar refractivity (Wildman–Crippen MR) is 97.7 cm³/mol. The molecule has 2 unspecified atom stereocenters. The van der Waals surface area contributed by atoms with Gasteiger partial charge in [-0.05, 0) is 42.5 Å². The number of pyridine rings is 1. The number of nitrogens with one attached hydrogen (secondary N) is 2. The van der Waals surface area contributed by atoms with E-state index in [9.17, 15) is 9.59 Å². The molecule has 25 heavy (non-hydrogen) atoms. The smallest absolute Gasteiger partial charge is 0.257 e. The van der Waals surface area contributed by atoms with E-state index in [1.54, 1.807) is 0 Å². The van der Waals surface area contributed by atoms with Crippen LogP contribution in [-0.2, 0) is 11.3 Å². The molecule has 1 fully saturated rings. The molecule has 0 spiro atoms. The Morgan fingerprint density at radius 1 is 1.28 bits per heavy atom. The summed E-state index contributed by atoms with van der Waals surface area (Å²) in [6.45, 7) is 2.84. The van der Waals surface area contributed by atoms with E-state index in [1.807, 2.05) is 24.3 Å². The van der Waals surface area contributed by atoms with Crippen LogP contribution in [0.1, 0.15) is 48.5 Å². The highest BCUT2D eigenvalue weighted by Crippen LogP contribution is 2.26. The first-order chi connectivity index (χ1) is 12.1. The molecule has 0 radical (unpaired) electrons. The fourth-order valence-electron chi connectivity index (χ4n) is 3.24. The summed E-state index contributed by atoms with van der Waals surface area (Å²) in [4.78, 5) is 25.8. The Hall–Kier alpha value is -2.40. The van der Waals surface area contributed by atoms with Gasteiger partial charge in [-0.25, -0.2) is 0 Å². The summed E-state index contributed by atoms with van der Waals surface area (Å²) in [5, 5.41) is 2.85. The van der Waals surface area contributed by atoms with Crippen LogP contribution in [0.25, 0.3) is 0 Å². The van der Waals surface area contributed by atoms with E-state index in [1.165, 1.54) is 31.2 Å². The number of H-pyrrole nitrogens is 1. The highest BCUT2D eigenvalue weighted by atomic mass is 16.5. The quantitative estimate of drug-likeness (QED) is 0.871. The van der Waals surface area contributed by atoms with Crippen molar-refractivity contribution in [2.24, 2.45) is 5.92 Å². The third-order valence-electron chi connectivity index (χ3n) is 4.61. The maximum Gasteiger partial charge on any atom is 0.257 e. The molecule has 1 aromatic carbocycles. The minimum atomic E-state index is -0.254. The second-order valence-corrected chi connectivity index (χ2v) is 6.80. The van der Waals surface area contributed by atoms with Crippen LogP contribution in [0.2, 0.25) is 0 Å². The molecule has 0 aliphatic heterocycles. The lowest BCUT2D eigenvalue weighted by Gasteiger charge is -2.26. The van der Waals surface area contributed by atoms with Gasteiger partial charge in [-0.1, -0.05) is 31.9 Å². The van der Waals surface area contributed by atoms with Gasteiger partial charge in [0.2, 0.25) is 5.56 Å². The van der Waals surface area contributed by atoms with E-state index >= 15 is 0 Å². The van der Waals surface area contributed by atoms with Gasteiger partial charge in [0.05, 0.1) is 18.3 Å². The predicted octanol–water partition coefficient (Wildman–Crippen LogP) is 3.72. The molecule has 2 aromatic rings. The molecular formula is C20H24N2O3. The van der Waals surface area contributed by atoms with Crippen LogP contribution in [0.3, 0.4) is 0 Å². The fraction of sp³-hybridized carbons (Fsp3) is 0.400. The minimum absolute atomic E-state index is 0.229. The average molecular weight is 340 g/mol. The van der Waals surface area contributed by atoms with Gasteiger partial charge < -0.3 is 15.0 Å². The van der Waals surface area contributed by atoms with Crippen LogP contribution in [0, 0.1) is 5.92 Å². The molecule has 5 heteroatoms. The third-order valence-corrected chi connectivity index (χ3v) is 4.61. The van der Waals surface area contributed by atoms with Crippen molar-refractivity contribution in [3.63, 3.8) is 0 Å². The van der Waals surface area contributed by atoms with Crippen molar-refractivity contribution in [1.29, 1.82) is 0 Å². The molecule has 2 atom stereocenters. The lowest BCUT2D eigenvalue weighted by molar-refractivity contribution is 0.00468. The Kier molecular flexibility index (Phi) is 5.66. The van der Waals surface area contributed by atoms with Crippen LogP contribution in [0.4, 0.5) is 5.69 Å². The molecule has 1 heterocycles. The Balaban J connectivity index is 1.58. The van der Waals surface area contributed by atoms with Crippen LogP contribution < -0.4 is 10.9 Å². The van der Waals surface area contributed by atoms with Crippen molar-refractivity contribution in [2.75, 3.05) is 5.32 Å². The monoisotopic (exact) mass is 340 g/mol. The Labute approximate surface area is 147 Å². The summed E-state index contributed by atoms with van der Waals surface area (Å²) in [5.74, 6) is 0.483. The SMILES string of the molecule is CC1CCCC(OCc2cccc(NC(=O)c3ccc(=O)[nH]c3)c2)C1. The fourth-order valence-corrected chi connectivity index (χ4v) is 3.24. The highest BCUT2D eigenvalue weighted by Gasteiger charge is 2.19. The molecule has 1 amide bonds. The number of rotatable bonds is 5. The first-order valence-corrected chi connectivity index (χ1v) is 8.81. The van der Waals surface area contributed by atoms with Crippen LogP contribution in [0.5, 0.6) is 0 Å².